The fourth-order valence-electron chi connectivity index (χ4n) is 1.80. The first-order valence-corrected chi connectivity index (χ1v) is 5.98. The Morgan fingerprint density at radius 3 is 2.61 bits per heavy atom. The highest BCUT2D eigenvalue weighted by molar-refractivity contribution is 5.64. The summed E-state index contributed by atoms with van der Waals surface area (Å²) >= 11 is 0. The van der Waals surface area contributed by atoms with Crippen molar-refractivity contribution in [1.29, 1.82) is 0 Å². The number of benzene rings is 1. The fraction of sp³-hybridized carbons (Fsp3) is 0.286. The van der Waals surface area contributed by atoms with Gasteiger partial charge in [-0.2, -0.15) is 0 Å². The van der Waals surface area contributed by atoms with Crippen molar-refractivity contribution in [2.24, 2.45) is 0 Å². The van der Waals surface area contributed by atoms with Crippen molar-refractivity contribution in [1.82, 2.24) is 15.3 Å². The summed E-state index contributed by atoms with van der Waals surface area (Å²) in [6, 6.07) is 6.11. The third-order valence-corrected chi connectivity index (χ3v) is 2.74. The first-order chi connectivity index (χ1) is 8.85. The molecule has 0 saturated heterocycles. The normalized spacial score (nSPS) is 10.3. The van der Waals surface area contributed by atoms with Crippen molar-refractivity contribution < 1.29 is 4.74 Å². The molecule has 4 nitrogen and oxygen atoms in total. The summed E-state index contributed by atoms with van der Waals surface area (Å²) in [7, 11) is 1.69. The van der Waals surface area contributed by atoms with Crippen LogP contribution in [0.2, 0.25) is 0 Å². The van der Waals surface area contributed by atoms with Crippen LogP contribution in [-0.2, 0) is 6.54 Å². The molecule has 0 atom stereocenters. The zero-order chi connectivity index (χ0) is 12.8. The van der Waals surface area contributed by atoms with Gasteiger partial charge < -0.3 is 10.1 Å². The van der Waals surface area contributed by atoms with Gasteiger partial charge in [0.2, 0.25) is 0 Å². The molecule has 0 aliphatic rings. The zero-order valence-electron chi connectivity index (χ0n) is 10.7. The van der Waals surface area contributed by atoms with Crippen molar-refractivity contribution in [3.05, 3.63) is 42.5 Å². The van der Waals surface area contributed by atoms with Crippen LogP contribution in [0.3, 0.4) is 0 Å². The van der Waals surface area contributed by atoms with Crippen LogP contribution < -0.4 is 10.1 Å². The van der Waals surface area contributed by atoms with Gasteiger partial charge in [-0.1, -0.05) is 13.0 Å². The third-order valence-electron chi connectivity index (χ3n) is 2.74. The highest BCUT2D eigenvalue weighted by atomic mass is 16.5. The molecule has 1 aromatic heterocycles. The van der Waals surface area contributed by atoms with Gasteiger partial charge in [0, 0.05) is 30.1 Å². The predicted octanol–water partition coefficient (Wildman–Crippen LogP) is 2.26. The van der Waals surface area contributed by atoms with Crippen LogP contribution in [0.15, 0.2) is 36.9 Å². The molecule has 0 aliphatic heterocycles. The Labute approximate surface area is 107 Å². The van der Waals surface area contributed by atoms with Gasteiger partial charge in [0.25, 0.3) is 0 Å². The predicted molar refractivity (Wildman–Crippen MR) is 71.4 cm³/mol. The van der Waals surface area contributed by atoms with Gasteiger partial charge in [-0.3, -0.25) is 0 Å². The van der Waals surface area contributed by atoms with Crippen molar-refractivity contribution in [2.75, 3.05) is 13.7 Å². The number of nitrogens with zero attached hydrogens (tertiary/aromatic N) is 2. The second-order valence-corrected chi connectivity index (χ2v) is 3.93. The van der Waals surface area contributed by atoms with Gasteiger partial charge in [-0.05, 0) is 24.2 Å². The van der Waals surface area contributed by atoms with Gasteiger partial charge in [-0.25, -0.2) is 9.97 Å². The molecule has 0 unspecified atom stereocenters. The minimum atomic E-state index is 0.793. The van der Waals surface area contributed by atoms with Gasteiger partial charge in [0.05, 0.1) is 7.11 Å². The Morgan fingerprint density at radius 2 is 1.94 bits per heavy atom. The van der Waals surface area contributed by atoms with Gasteiger partial charge in [0.15, 0.2) is 0 Å². The molecule has 1 heterocycles. The molecule has 0 radical (unpaired) electrons. The smallest absolute Gasteiger partial charge is 0.123 e. The van der Waals surface area contributed by atoms with Gasteiger partial charge in [-0.15, -0.1) is 0 Å². The highest BCUT2D eigenvalue weighted by Gasteiger charge is 2.05. The molecule has 0 spiro atoms. The average Bonchev–Trinajstić information content (AvgIpc) is 2.45. The van der Waals surface area contributed by atoms with E-state index in [1.165, 1.54) is 6.33 Å². The number of aromatic nitrogens is 2. The maximum absolute atomic E-state index is 5.36. The molecular formula is C14H17N3O. The van der Waals surface area contributed by atoms with E-state index in [2.05, 4.69) is 28.3 Å². The largest absolute Gasteiger partial charge is 0.496 e. The fourth-order valence-corrected chi connectivity index (χ4v) is 1.80. The lowest BCUT2D eigenvalue weighted by Crippen LogP contribution is -2.12. The Bertz CT molecular complexity index is 500. The number of methoxy groups -OCH3 is 1. The van der Waals surface area contributed by atoms with Crippen LogP contribution in [0.1, 0.15) is 12.5 Å². The minimum absolute atomic E-state index is 0.793. The molecule has 0 bridgehead atoms. The van der Waals surface area contributed by atoms with Crippen LogP contribution >= 0.6 is 0 Å². The lowest BCUT2D eigenvalue weighted by molar-refractivity contribution is 0.408. The van der Waals surface area contributed by atoms with E-state index in [1.54, 1.807) is 7.11 Å². The summed E-state index contributed by atoms with van der Waals surface area (Å²) in [5.41, 5.74) is 3.25. The van der Waals surface area contributed by atoms with Crippen LogP contribution in [-0.4, -0.2) is 23.6 Å². The van der Waals surface area contributed by atoms with E-state index >= 15 is 0 Å². The monoisotopic (exact) mass is 243 g/mol. The molecular weight excluding hydrogens is 226 g/mol. The molecule has 0 amide bonds. The standard InChI is InChI=1S/C14H17N3O/c1-3-15-7-12-6-11(4-5-14(12)18-2)13-8-16-10-17-9-13/h4-6,8-10,15H,3,7H2,1-2H3. The summed E-state index contributed by atoms with van der Waals surface area (Å²) in [5, 5.41) is 3.31. The Balaban J connectivity index is 2.33. The average molecular weight is 243 g/mol. The van der Waals surface area contributed by atoms with Crippen LogP contribution in [0.4, 0.5) is 0 Å². The van der Waals surface area contributed by atoms with Gasteiger partial charge in [0.1, 0.15) is 12.1 Å². The van der Waals surface area contributed by atoms with E-state index in [0.717, 1.165) is 35.5 Å². The number of nitrogens with one attached hydrogen (secondary N) is 1. The lowest BCUT2D eigenvalue weighted by atomic mass is 10.0. The summed E-state index contributed by atoms with van der Waals surface area (Å²) < 4.78 is 5.36. The van der Waals surface area contributed by atoms with Crippen LogP contribution in [0.25, 0.3) is 11.1 Å². The molecule has 4 heteroatoms. The van der Waals surface area contributed by atoms with E-state index in [1.807, 2.05) is 24.5 Å². The second kappa shape index (κ2) is 6.12. The number of rotatable bonds is 5. The Hall–Kier alpha value is -1.94. The van der Waals surface area contributed by atoms with E-state index < -0.39 is 0 Å². The first-order valence-electron chi connectivity index (χ1n) is 5.98. The highest BCUT2D eigenvalue weighted by Crippen LogP contribution is 2.25. The topological polar surface area (TPSA) is 47.0 Å². The van der Waals surface area contributed by atoms with Crippen molar-refractivity contribution >= 4 is 0 Å². The molecule has 18 heavy (non-hydrogen) atoms. The second-order valence-electron chi connectivity index (χ2n) is 3.93. The number of ether oxygens (including phenoxy) is 1. The summed E-state index contributed by atoms with van der Waals surface area (Å²) in [6.07, 6.45) is 5.16. The van der Waals surface area contributed by atoms with E-state index in [-0.39, 0.29) is 0 Å². The molecule has 0 saturated carbocycles. The minimum Gasteiger partial charge on any atom is -0.496 e. The molecule has 1 N–H and O–H groups in total. The molecule has 0 fully saturated rings. The lowest BCUT2D eigenvalue weighted by Gasteiger charge is -2.11. The molecule has 94 valence electrons. The van der Waals surface area contributed by atoms with Gasteiger partial charge >= 0.3 is 0 Å². The van der Waals surface area contributed by atoms with Crippen molar-refractivity contribution in [2.45, 2.75) is 13.5 Å². The molecule has 2 aromatic rings. The first kappa shape index (κ1) is 12.5. The van der Waals surface area contributed by atoms with Crippen LogP contribution in [0, 0.1) is 0 Å². The molecule has 1 aromatic carbocycles. The van der Waals surface area contributed by atoms with E-state index in [9.17, 15) is 0 Å². The SMILES string of the molecule is CCNCc1cc(-c2cncnc2)ccc1OC. The Morgan fingerprint density at radius 1 is 1.17 bits per heavy atom. The summed E-state index contributed by atoms with van der Waals surface area (Å²) in [4.78, 5) is 8.07. The zero-order valence-corrected chi connectivity index (χ0v) is 10.7. The van der Waals surface area contributed by atoms with E-state index in [0.29, 0.717) is 0 Å². The van der Waals surface area contributed by atoms with Crippen molar-refractivity contribution in [3.8, 4) is 16.9 Å². The summed E-state index contributed by atoms with van der Waals surface area (Å²) in [5.74, 6) is 0.900. The number of hydrogen-bond acceptors (Lipinski definition) is 4. The maximum atomic E-state index is 5.36. The molecule has 0 aliphatic carbocycles. The summed E-state index contributed by atoms with van der Waals surface area (Å²) in [6.45, 7) is 3.81. The Kier molecular flexibility index (Phi) is 4.25. The number of hydrogen-bond donors (Lipinski definition) is 1. The quantitative estimate of drug-likeness (QED) is 0.875. The van der Waals surface area contributed by atoms with E-state index in [4.69, 9.17) is 4.74 Å². The molecule has 2 rings (SSSR count). The van der Waals surface area contributed by atoms with Crippen LogP contribution in [0.5, 0.6) is 5.75 Å². The third kappa shape index (κ3) is 2.84. The maximum Gasteiger partial charge on any atom is 0.123 e. The van der Waals surface area contributed by atoms with Crippen molar-refractivity contribution in [3.63, 3.8) is 0 Å².